The van der Waals surface area contributed by atoms with Crippen LogP contribution in [0.25, 0.3) is 22.4 Å². The van der Waals surface area contributed by atoms with Gasteiger partial charge in [-0.05, 0) is 68.3 Å². The number of pyridine rings is 1. The number of furan rings is 1. The van der Waals surface area contributed by atoms with E-state index in [4.69, 9.17) is 20.8 Å². The van der Waals surface area contributed by atoms with Crippen LogP contribution in [0.15, 0.2) is 65.1 Å². The Labute approximate surface area is 202 Å². The Bertz CT molecular complexity index is 1350. The SMILES string of the molecule is Cc1ccc(-c2cc(C(=O)NNC(=O)CCCOc3ccc(Cl)cc3C)c3ccccc3n2)o1. The van der Waals surface area contributed by atoms with Crippen LogP contribution in [0.4, 0.5) is 0 Å². The lowest BCUT2D eigenvalue weighted by Crippen LogP contribution is -2.41. The van der Waals surface area contributed by atoms with E-state index in [1.54, 1.807) is 18.2 Å². The first-order valence-corrected chi connectivity index (χ1v) is 11.2. The standard InChI is InChI=1S/C26H24ClN3O4/c1-16-14-18(27)10-12-23(16)33-13-5-8-25(31)29-30-26(32)20-15-22(24-11-9-17(2)34-24)28-21-7-4-3-6-19(20)21/h3-4,6-7,9-12,14-15H,5,8,13H2,1-2H3,(H,29,31)(H,30,32). The highest BCUT2D eigenvalue weighted by Gasteiger charge is 2.16. The Balaban J connectivity index is 1.36. The van der Waals surface area contributed by atoms with Gasteiger partial charge in [-0.25, -0.2) is 4.98 Å². The van der Waals surface area contributed by atoms with Crippen molar-refractivity contribution >= 4 is 34.3 Å². The lowest BCUT2D eigenvalue weighted by atomic mass is 10.1. The monoisotopic (exact) mass is 477 g/mol. The van der Waals surface area contributed by atoms with E-state index in [-0.39, 0.29) is 12.3 Å². The van der Waals surface area contributed by atoms with Gasteiger partial charge in [0, 0.05) is 16.8 Å². The highest BCUT2D eigenvalue weighted by Crippen LogP contribution is 2.26. The van der Waals surface area contributed by atoms with Crippen LogP contribution in [0.3, 0.4) is 0 Å². The molecule has 0 atom stereocenters. The summed E-state index contributed by atoms with van der Waals surface area (Å²) in [5.74, 6) is 1.29. The second-order valence-electron chi connectivity index (χ2n) is 7.85. The number of para-hydroxylation sites is 1. The highest BCUT2D eigenvalue weighted by atomic mass is 35.5. The number of hydrogen-bond acceptors (Lipinski definition) is 5. The van der Waals surface area contributed by atoms with E-state index >= 15 is 0 Å². The molecule has 0 aliphatic heterocycles. The van der Waals surface area contributed by atoms with E-state index in [9.17, 15) is 9.59 Å². The second kappa shape index (κ2) is 10.4. The molecule has 2 amide bonds. The van der Waals surface area contributed by atoms with Crippen molar-refractivity contribution in [1.82, 2.24) is 15.8 Å². The largest absolute Gasteiger partial charge is 0.493 e. The molecule has 0 aliphatic carbocycles. The molecule has 2 N–H and O–H groups in total. The van der Waals surface area contributed by atoms with Crippen LogP contribution < -0.4 is 15.6 Å². The van der Waals surface area contributed by atoms with Gasteiger partial charge >= 0.3 is 0 Å². The molecule has 174 valence electrons. The molecule has 0 fully saturated rings. The van der Waals surface area contributed by atoms with Crippen molar-refractivity contribution in [3.63, 3.8) is 0 Å². The van der Waals surface area contributed by atoms with Crippen molar-refractivity contribution < 1.29 is 18.7 Å². The highest BCUT2D eigenvalue weighted by molar-refractivity contribution is 6.30. The number of carbonyl (C=O) groups excluding carboxylic acids is 2. The van der Waals surface area contributed by atoms with Crippen molar-refractivity contribution in [3.8, 4) is 17.2 Å². The molecular formula is C26H24ClN3O4. The third-order valence-electron chi connectivity index (χ3n) is 5.21. The van der Waals surface area contributed by atoms with Crippen molar-refractivity contribution in [2.75, 3.05) is 6.61 Å². The number of rotatable bonds is 7. The van der Waals surface area contributed by atoms with Crippen LogP contribution in [0.5, 0.6) is 5.75 Å². The molecule has 7 nitrogen and oxygen atoms in total. The summed E-state index contributed by atoms with van der Waals surface area (Å²) in [6.45, 7) is 4.12. The maximum Gasteiger partial charge on any atom is 0.270 e. The van der Waals surface area contributed by atoms with Gasteiger partial charge in [0.2, 0.25) is 5.91 Å². The normalized spacial score (nSPS) is 10.8. The zero-order valence-corrected chi connectivity index (χ0v) is 19.6. The lowest BCUT2D eigenvalue weighted by molar-refractivity contribution is -0.122. The smallest absolute Gasteiger partial charge is 0.270 e. The minimum absolute atomic E-state index is 0.195. The Morgan fingerprint density at radius 1 is 1.03 bits per heavy atom. The molecule has 2 aromatic heterocycles. The van der Waals surface area contributed by atoms with Gasteiger partial charge in [0.05, 0.1) is 17.7 Å². The molecule has 34 heavy (non-hydrogen) atoms. The Morgan fingerprint density at radius 3 is 2.62 bits per heavy atom. The number of fused-ring (bicyclic) bond motifs is 1. The molecule has 4 rings (SSSR count). The van der Waals surface area contributed by atoms with E-state index < -0.39 is 5.91 Å². The van der Waals surface area contributed by atoms with Crippen LogP contribution >= 0.6 is 11.6 Å². The van der Waals surface area contributed by atoms with Crippen LogP contribution in [-0.4, -0.2) is 23.4 Å². The molecule has 0 saturated heterocycles. The first-order valence-electron chi connectivity index (χ1n) is 10.9. The van der Waals surface area contributed by atoms with Crippen LogP contribution in [0, 0.1) is 13.8 Å². The summed E-state index contributed by atoms with van der Waals surface area (Å²) < 4.78 is 11.4. The lowest BCUT2D eigenvalue weighted by Gasteiger charge is -2.11. The first kappa shape index (κ1) is 23.3. The average Bonchev–Trinajstić information content (AvgIpc) is 3.27. The third-order valence-corrected chi connectivity index (χ3v) is 5.45. The summed E-state index contributed by atoms with van der Waals surface area (Å²) in [5.41, 5.74) is 7.47. The summed E-state index contributed by atoms with van der Waals surface area (Å²) in [6.07, 6.45) is 0.685. The number of hydrogen-bond donors (Lipinski definition) is 2. The molecule has 8 heteroatoms. The van der Waals surface area contributed by atoms with E-state index in [0.717, 1.165) is 17.1 Å². The number of aromatic nitrogens is 1. The van der Waals surface area contributed by atoms with Gasteiger partial charge < -0.3 is 9.15 Å². The fourth-order valence-corrected chi connectivity index (χ4v) is 3.73. The Kier molecular flexibility index (Phi) is 7.13. The minimum Gasteiger partial charge on any atom is -0.493 e. The van der Waals surface area contributed by atoms with Gasteiger partial charge in [-0.15, -0.1) is 0 Å². The number of halogens is 1. The maximum absolute atomic E-state index is 12.9. The van der Waals surface area contributed by atoms with Gasteiger partial charge in [0.1, 0.15) is 17.2 Å². The quantitative estimate of drug-likeness (QED) is 0.275. The van der Waals surface area contributed by atoms with Crippen molar-refractivity contribution in [2.45, 2.75) is 26.7 Å². The summed E-state index contributed by atoms with van der Waals surface area (Å²) >= 11 is 5.95. The third kappa shape index (κ3) is 5.55. The molecule has 2 heterocycles. The number of hydrazine groups is 1. The zero-order chi connectivity index (χ0) is 24.1. The van der Waals surface area contributed by atoms with Crippen molar-refractivity contribution in [3.05, 3.63) is 82.6 Å². The minimum atomic E-state index is -0.440. The predicted octanol–water partition coefficient (Wildman–Crippen LogP) is 5.39. The molecule has 0 spiro atoms. The number of ether oxygens (including phenoxy) is 1. The number of aryl methyl sites for hydroxylation is 2. The fraction of sp³-hybridized carbons (Fsp3) is 0.192. The van der Waals surface area contributed by atoms with Crippen LogP contribution in [-0.2, 0) is 4.79 Å². The van der Waals surface area contributed by atoms with Gasteiger partial charge in [0.25, 0.3) is 5.91 Å². The Morgan fingerprint density at radius 2 is 1.85 bits per heavy atom. The number of carbonyl (C=O) groups is 2. The summed E-state index contributed by atoms with van der Waals surface area (Å²) in [5, 5.41) is 1.32. The molecular weight excluding hydrogens is 454 g/mol. The van der Waals surface area contributed by atoms with Crippen LogP contribution in [0.2, 0.25) is 5.02 Å². The number of amides is 2. The summed E-state index contributed by atoms with van der Waals surface area (Å²) in [6, 6.07) is 18.0. The number of nitrogens with one attached hydrogen (secondary N) is 2. The fourth-order valence-electron chi connectivity index (χ4n) is 3.51. The zero-order valence-electron chi connectivity index (χ0n) is 18.9. The first-order chi connectivity index (χ1) is 16.4. The van der Waals surface area contributed by atoms with Crippen molar-refractivity contribution in [2.24, 2.45) is 0 Å². The molecule has 0 unspecified atom stereocenters. The van der Waals surface area contributed by atoms with E-state index in [1.165, 1.54) is 0 Å². The second-order valence-corrected chi connectivity index (χ2v) is 8.28. The predicted molar refractivity (Wildman–Crippen MR) is 131 cm³/mol. The summed E-state index contributed by atoms with van der Waals surface area (Å²) in [4.78, 5) is 29.7. The van der Waals surface area contributed by atoms with Gasteiger partial charge in [-0.1, -0.05) is 29.8 Å². The topological polar surface area (TPSA) is 93.5 Å². The van der Waals surface area contributed by atoms with Gasteiger partial charge in [0.15, 0.2) is 5.76 Å². The van der Waals surface area contributed by atoms with Gasteiger partial charge in [-0.3, -0.25) is 20.4 Å². The molecule has 0 radical (unpaired) electrons. The number of nitrogens with zero attached hydrogens (tertiary/aromatic N) is 1. The number of benzene rings is 2. The molecule has 4 aromatic rings. The Hall–Kier alpha value is -3.84. The van der Waals surface area contributed by atoms with Gasteiger partial charge in [-0.2, -0.15) is 0 Å². The molecule has 0 bridgehead atoms. The maximum atomic E-state index is 12.9. The molecule has 2 aromatic carbocycles. The van der Waals surface area contributed by atoms with E-state index in [2.05, 4.69) is 15.8 Å². The molecule has 0 aliphatic rings. The average molecular weight is 478 g/mol. The summed E-state index contributed by atoms with van der Waals surface area (Å²) in [7, 11) is 0. The van der Waals surface area contributed by atoms with Crippen molar-refractivity contribution in [1.29, 1.82) is 0 Å². The van der Waals surface area contributed by atoms with Crippen LogP contribution in [0.1, 0.15) is 34.5 Å². The molecule has 0 saturated carbocycles. The van der Waals surface area contributed by atoms with E-state index in [0.29, 0.717) is 46.0 Å². The van der Waals surface area contributed by atoms with E-state index in [1.807, 2.05) is 56.3 Å².